The van der Waals surface area contributed by atoms with Crippen molar-refractivity contribution in [1.29, 1.82) is 0 Å². The summed E-state index contributed by atoms with van der Waals surface area (Å²) in [7, 11) is 3.56. The molecule has 0 aliphatic carbocycles. The molecule has 1 aliphatic heterocycles. The van der Waals surface area contributed by atoms with Crippen LogP contribution in [0.15, 0.2) is 35.5 Å². The number of nitrogens with one attached hydrogen (secondary N) is 1. The van der Waals surface area contributed by atoms with Gasteiger partial charge in [0.15, 0.2) is 5.96 Å². The molecule has 1 N–H and O–H groups in total. The van der Waals surface area contributed by atoms with Crippen molar-refractivity contribution in [3.8, 4) is 5.75 Å². The molecule has 1 aromatic carbocycles. The molecule has 3 rings (SSSR count). The van der Waals surface area contributed by atoms with Gasteiger partial charge < -0.3 is 19.9 Å². The molecule has 0 unspecified atom stereocenters. The van der Waals surface area contributed by atoms with E-state index in [2.05, 4.69) is 37.2 Å². The van der Waals surface area contributed by atoms with Crippen molar-refractivity contribution in [1.82, 2.24) is 15.2 Å². The lowest BCUT2D eigenvalue weighted by molar-refractivity contribution is 0.367. The number of halogens is 1. The summed E-state index contributed by atoms with van der Waals surface area (Å²) >= 11 is 1.72. The van der Waals surface area contributed by atoms with Crippen molar-refractivity contribution in [2.24, 2.45) is 4.99 Å². The molecule has 1 aromatic heterocycles. The number of hydrogen-bond acceptors (Lipinski definition) is 5. The second kappa shape index (κ2) is 9.96. The number of methoxy groups -OCH3 is 1. The lowest BCUT2D eigenvalue weighted by Crippen LogP contribution is -2.52. The molecule has 0 radical (unpaired) electrons. The molecule has 0 spiro atoms. The van der Waals surface area contributed by atoms with Crippen LogP contribution in [0.25, 0.3) is 0 Å². The molecular weight excluding hydrogens is 461 g/mol. The Morgan fingerprint density at radius 1 is 1.27 bits per heavy atom. The van der Waals surface area contributed by atoms with Gasteiger partial charge in [-0.1, -0.05) is 12.1 Å². The summed E-state index contributed by atoms with van der Waals surface area (Å²) in [6, 6.07) is 8.19. The molecule has 0 amide bonds. The zero-order chi connectivity index (χ0) is 17.6. The van der Waals surface area contributed by atoms with E-state index >= 15 is 0 Å². The maximum atomic E-state index is 5.49. The van der Waals surface area contributed by atoms with Crippen molar-refractivity contribution >= 4 is 47.0 Å². The molecule has 1 aliphatic rings. The van der Waals surface area contributed by atoms with Crippen LogP contribution < -0.4 is 15.0 Å². The lowest BCUT2D eigenvalue weighted by atomic mass is 10.2. The van der Waals surface area contributed by atoms with Gasteiger partial charge in [-0.25, -0.2) is 4.98 Å². The molecule has 142 valence electrons. The first-order chi connectivity index (χ1) is 12.2. The van der Waals surface area contributed by atoms with Crippen LogP contribution in [-0.4, -0.2) is 56.2 Å². The number of aromatic nitrogens is 1. The van der Waals surface area contributed by atoms with Crippen molar-refractivity contribution < 1.29 is 4.74 Å². The summed E-state index contributed by atoms with van der Waals surface area (Å²) in [6.07, 6.45) is 1.93. The van der Waals surface area contributed by atoms with Gasteiger partial charge in [0.2, 0.25) is 0 Å². The smallest absolute Gasteiger partial charge is 0.194 e. The number of para-hydroxylation sites is 2. The van der Waals surface area contributed by atoms with Crippen molar-refractivity contribution in [3.63, 3.8) is 0 Å². The van der Waals surface area contributed by atoms with E-state index in [1.807, 2.05) is 32.3 Å². The van der Waals surface area contributed by atoms with Crippen LogP contribution in [0, 0.1) is 6.92 Å². The zero-order valence-corrected chi connectivity index (χ0v) is 18.6. The van der Waals surface area contributed by atoms with Crippen molar-refractivity contribution in [3.05, 3.63) is 40.3 Å². The van der Waals surface area contributed by atoms with Gasteiger partial charge >= 0.3 is 0 Å². The minimum Gasteiger partial charge on any atom is -0.495 e. The number of hydrogen-bond donors (Lipinski definition) is 1. The first-order valence-corrected chi connectivity index (χ1v) is 9.28. The number of aryl methyl sites for hydroxylation is 1. The number of nitrogens with zero attached hydrogens (tertiary/aromatic N) is 4. The zero-order valence-electron chi connectivity index (χ0n) is 15.4. The summed E-state index contributed by atoms with van der Waals surface area (Å²) in [5.41, 5.74) is 1.16. The van der Waals surface area contributed by atoms with Gasteiger partial charge in [0.1, 0.15) is 5.75 Å². The van der Waals surface area contributed by atoms with Gasteiger partial charge in [-0.05, 0) is 19.1 Å². The van der Waals surface area contributed by atoms with E-state index < -0.39 is 0 Å². The van der Waals surface area contributed by atoms with E-state index in [0.29, 0.717) is 0 Å². The van der Waals surface area contributed by atoms with E-state index in [1.54, 1.807) is 18.4 Å². The van der Waals surface area contributed by atoms with Crippen molar-refractivity contribution in [2.75, 3.05) is 45.2 Å². The standard InChI is InChI=1S/C18H25N5OS.HI/c1-14-20-12-15(25-14)13-21-18(19-2)23-10-8-22(9-11-23)16-6-4-5-7-17(16)24-3;/h4-7,12H,8-11,13H2,1-3H3,(H,19,21);1H. The van der Waals surface area contributed by atoms with Crippen molar-refractivity contribution in [2.45, 2.75) is 13.5 Å². The van der Waals surface area contributed by atoms with E-state index in [0.717, 1.165) is 55.1 Å². The average molecular weight is 487 g/mol. The molecule has 2 heterocycles. The van der Waals surface area contributed by atoms with Crippen LogP contribution in [0.1, 0.15) is 9.88 Å². The Morgan fingerprint density at radius 3 is 2.62 bits per heavy atom. The fourth-order valence-corrected chi connectivity index (χ4v) is 3.77. The maximum Gasteiger partial charge on any atom is 0.194 e. The Morgan fingerprint density at radius 2 is 2.00 bits per heavy atom. The highest BCUT2D eigenvalue weighted by atomic mass is 127. The Hall–Kier alpha value is -1.55. The molecule has 0 bridgehead atoms. The Labute approximate surface area is 176 Å². The monoisotopic (exact) mass is 487 g/mol. The van der Waals surface area contributed by atoms with Gasteiger partial charge in [0.25, 0.3) is 0 Å². The third-order valence-corrected chi connectivity index (χ3v) is 5.22. The fraction of sp³-hybridized carbons (Fsp3) is 0.444. The summed E-state index contributed by atoms with van der Waals surface area (Å²) < 4.78 is 5.49. The average Bonchev–Trinajstić information content (AvgIpc) is 3.08. The van der Waals surface area contributed by atoms with Gasteiger partial charge in [0, 0.05) is 44.3 Å². The number of rotatable bonds is 4. The van der Waals surface area contributed by atoms with E-state index in [4.69, 9.17) is 4.74 Å². The van der Waals surface area contributed by atoms with Gasteiger partial charge in [-0.3, -0.25) is 4.99 Å². The SMILES string of the molecule is CN=C(NCc1cnc(C)s1)N1CCN(c2ccccc2OC)CC1.I. The number of thiazole rings is 1. The summed E-state index contributed by atoms with van der Waals surface area (Å²) in [6.45, 7) is 6.55. The third-order valence-electron chi connectivity index (χ3n) is 4.31. The first kappa shape index (κ1) is 20.8. The normalized spacial score (nSPS) is 14.8. The number of benzene rings is 1. The van der Waals surface area contributed by atoms with Gasteiger partial charge in [0.05, 0.1) is 24.3 Å². The number of anilines is 1. The summed E-state index contributed by atoms with van der Waals surface area (Å²) in [4.78, 5) is 14.6. The molecule has 8 heteroatoms. The highest BCUT2D eigenvalue weighted by Gasteiger charge is 2.21. The van der Waals surface area contributed by atoms with E-state index in [1.165, 1.54) is 4.88 Å². The second-order valence-electron chi connectivity index (χ2n) is 5.89. The minimum absolute atomic E-state index is 0. The maximum absolute atomic E-state index is 5.49. The van der Waals surface area contributed by atoms with Crippen LogP contribution in [-0.2, 0) is 6.54 Å². The van der Waals surface area contributed by atoms with E-state index in [9.17, 15) is 0 Å². The number of piperazine rings is 1. The third kappa shape index (κ3) is 5.00. The molecule has 1 saturated heterocycles. The van der Waals surface area contributed by atoms with Crippen LogP contribution in [0.3, 0.4) is 0 Å². The fourth-order valence-electron chi connectivity index (χ4n) is 3.04. The van der Waals surface area contributed by atoms with Crippen LogP contribution >= 0.6 is 35.3 Å². The number of guanidine groups is 1. The second-order valence-corrected chi connectivity index (χ2v) is 7.21. The highest BCUT2D eigenvalue weighted by molar-refractivity contribution is 14.0. The van der Waals surface area contributed by atoms with Gasteiger partial charge in [-0.2, -0.15) is 0 Å². The summed E-state index contributed by atoms with van der Waals surface area (Å²) in [5.74, 6) is 1.88. The molecule has 6 nitrogen and oxygen atoms in total. The van der Waals surface area contributed by atoms with Crippen LogP contribution in [0.2, 0.25) is 0 Å². The largest absolute Gasteiger partial charge is 0.495 e. The molecular formula is C18H26IN5OS. The van der Waals surface area contributed by atoms with Crippen LogP contribution in [0.5, 0.6) is 5.75 Å². The molecule has 0 saturated carbocycles. The topological polar surface area (TPSA) is 53.0 Å². The number of aliphatic imine (C=N–C) groups is 1. The quantitative estimate of drug-likeness (QED) is 0.409. The predicted octanol–water partition coefficient (Wildman–Crippen LogP) is 2.98. The molecule has 26 heavy (non-hydrogen) atoms. The Bertz CT molecular complexity index is 728. The molecule has 1 fully saturated rings. The lowest BCUT2D eigenvalue weighted by Gasteiger charge is -2.38. The highest BCUT2D eigenvalue weighted by Crippen LogP contribution is 2.28. The number of ether oxygens (including phenoxy) is 1. The first-order valence-electron chi connectivity index (χ1n) is 8.46. The Balaban J connectivity index is 0.00000243. The van der Waals surface area contributed by atoms with Gasteiger partial charge in [-0.15, -0.1) is 35.3 Å². The molecule has 0 atom stereocenters. The van der Waals surface area contributed by atoms with Crippen LogP contribution in [0.4, 0.5) is 5.69 Å². The molecule has 2 aromatic rings. The summed E-state index contributed by atoms with van der Waals surface area (Å²) in [5, 5.41) is 4.54. The van der Waals surface area contributed by atoms with E-state index in [-0.39, 0.29) is 24.0 Å². The Kier molecular flexibility index (Phi) is 7.95. The minimum atomic E-state index is 0. The predicted molar refractivity (Wildman–Crippen MR) is 119 cm³/mol.